The van der Waals surface area contributed by atoms with Gasteiger partial charge in [0.05, 0.1) is 18.3 Å². The molecule has 3 atom stereocenters. The lowest BCUT2D eigenvalue weighted by Gasteiger charge is -2.36. The maximum Gasteiger partial charge on any atom is 0.387 e. The molecule has 0 aromatic rings. The number of hydrogen-bond acceptors (Lipinski definition) is 5. The van der Waals surface area contributed by atoms with Crippen LogP contribution >= 0.6 is 0 Å². The summed E-state index contributed by atoms with van der Waals surface area (Å²) < 4.78 is 21.8. The van der Waals surface area contributed by atoms with Crippen LogP contribution in [-0.2, 0) is 23.4 Å². The first kappa shape index (κ1) is 19.6. The molecule has 0 saturated heterocycles. The van der Waals surface area contributed by atoms with Crippen LogP contribution < -0.4 is 0 Å². The lowest BCUT2D eigenvalue weighted by molar-refractivity contribution is -0.393. The van der Waals surface area contributed by atoms with Crippen LogP contribution in [0.3, 0.4) is 0 Å². The fraction of sp³-hybridized carbons (Fsp3) is 0.929. The number of carbonyl (C=O) groups excluding carboxylic acids is 1. The molecule has 0 rings (SSSR count). The minimum atomic E-state index is -1.83. The molecule has 20 heavy (non-hydrogen) atoms. The molecule has 6 heteroatoms. The Morgan fingerprint density at radius 1 is 0.900 bits per heavy atom. The second-order valence-corrected chi connectivity index (χ2v) is 5.16. The highest BCUT2D eigenvalue weighted by atomic mass is 28.2. The Balaban J connectivity index is 5.31. The summed E-state index contributed by atoms with van der Waals surface area (Å²) in [5, 5.41) is 0. The third-order valence-corrected chi connectivity index (χ3v) is 3.32. The van der Waals surface area contributed by atoms with E-state index in [9.17, 15) is 4.79 Å². The van der Waals surface area contributed by atoms with Crippen LogP contribution in [0.25, 0.3) is 0 Å². The van der Waals surface area contributed by atoms with E-state index in [1.54, 1.807) is 0 Å². The molecule has 3 radical (unpaired) electrons. The monoisotopic (exact) mass is 303 g/mol. The van der Waals surface area contributed by atoms with Crippen LogP contribution in [0.5, 0.6) is 0 Å². The van der Waals surface area contributed by atoms with E-state index in [0.717, 1.165) is 19.3 Å². The van der Waals surface area contributed by atoms with Gasteiger partial charge in [-0.1, -0.05) is 20.8 Å². The van der Waals surface area contributed by atoms with Gasteiger partial charge < -0.3 is 18.6 Å². The molecule has 0 aliphatic carbocycles. The molecule has 0 spiro atoms. The summed E-state index contributed by atoms with van der Waals surface area (Å²) in [6.45, 7) is 11.4. The Morgan fingerprint density at radius 2 is 1.20 bits per heavy atom. The van der Waals surface area contributed by atoms with E-state index in [-0.39, 0.29) is 18.3 Å². The van der Waals surface area contributed by atoms with Crippen LogP contribution in [0.15, 0.2) is 0 Å². The zero-order valence-corrected chi connectivity index (χ0v) is 14.4. The molecule has 0 N–H and O–H groups in total. The molecule has 0 aromatic carbocycles. The quantitative estimate of drug-likeness (QED) is 0.459. The number of carbonyl (C=O) groups is 1. The summed E-state index contributed by atoms with van der Waals surface area (Å²) in [5.41, 5.74) is 0. The summed E-state index contributed by atoms with van der Waals surface area (Å²) in [6, 6.07) is 0. The molecule has 0 saturated carbocycles. The SMILES string of the molecule is CCC(C)OC(OC(C)CC)(OC(C)CC)C(=O)O[Si]. The largest absolute Gasteiger partial charge is 0.510 e. The fourth-order valence-corrected chi connectivity index (χ4v) is 1.46. The van der Waals surface area contributed by atoms with E-state index in [2.05, 4.69) is 14.9 Å². The van der Waals surface area contributed by atoms with Gasteiger partial charge in [0.25, 0.3) is 0 Å². The standard InChI is InChI=1S/C14H27O5Si/c1-7-10(4)16-14(13(15)19-20,17-11(5)8-2)18-12(6)9-3/h10-12H,7-9H2,1-6H3. The average Bonchev–Trinajstić information content (AvgIpc) is 2.45. The molecule has 3 unspecified atom stereocenters. The van der Waals surface area contributed by atoms with Gasteiger partial charge in [-0.3, -0.25) is 0 Å². The Labute approximate surface area is 125 Å². The minimum Gasteiger partial charge on any atom is -0.510 e. The molecule has 5 nitrogen and oxygen atoms in total. The first-order chi connectivity index (χ1) is 9.34. The molecule has 0 aliphatic rings. The summed E-state index contributed by atoms with van der Waals surface area (Å²) in [5.74, 6) is -2.57. The van der Waals surface area contributed by atoms with Gasteiger partial charge in [-0.05, 0) is 40.0 Å². The molecule has 0 fully saturated rings. The predicted molar refractivity (Wildman–Crippen MR) is 77.1 cm³/mol. The van der Waals surface area contributed by atoms with E-state index in [1.807, 2.05) is 41.5 Å². The molecule has 0 amide bonds. The van der Waals surface area contributed by atoms with Crippen LogP contribution in [0.2, 0.25) is 0 Å². The predicted octanol–water partition coefficient (Wildman–Crippen LogP) is 2.71. The number of rotatable bonds is 10. The number of hydrogen-bond donors (Lipinski definition) is 0. The van der Waals surface area contributed by atoms with Crippen LogP contribution in [-0.4, -0.2) is 40.7 Å². The van der Waals surface area contributed by atoms with Crippen molar-refractivity contribution in [2.45, 2.75) is 85.1 Å². The summed E-state index contributed by atoms with van der Waals surface area (Å²) in [7, 11) is 2.75. The molecule has 0 aromatic heterocycles. The lowest BCUT2D eigenvalue weighted by Crippen LogP contribution is -2.52. The maximum atomic E-state index is 12.1. The van der Waals surface area contributed by atoms with Gasteiger partial charge in [-0.2, -0.15) is 0 Å². The molecule has 0 heterocycles. The van der Waals surface area contributed by atoms with E-state index in [1.165, 1.54) is 0 Å². The molecular formula is C14H27O5Si. The normalized spacial score (nSPS) is 18.9. The van der Waals surface area contributed by atoms with Crippen molar-refractivity contribution in [3.05, 3.63) is 0 Å². The Hall–Kier alpha value is -0.433. The second-order valence-electron chi connectivity index (χ2n) is 4.96. The first-order valence-electron chi connectivity index (χ1n) is 7.26. The van der Waals surface area contributed by atoms with Gasteiger partial charge in [0.1, 0.15) is 0 Å². The third-order valence-electron chi connectivity index (χ3n) is 3.14. The van der Waals surface area contributed by atoms with Crippen molar-refractivity contribution in [2.24, 2.45) is 0 Å². The van der Waals surface area contributed by atoms with Gasteiger partial charge >= 0.3 is 22.4 Å². The highest BCUT2D eigenvalue weighted by molar-refractivity contribution is 6.06. The average molecular weight is 303 g/mol. The molecule has 0 bridgehead atoms. The van der Waals surface area contributed by atoms with E-state index in [4.69, 9.17) is 14.2 Å². The minimum absolute atomic E-state index is 0.200. The molecular weight excluding hydrogens is 276 g/mol. The Morgan fingerprint density at radius 3 is 1.40 bits per heavy atom. The van der Waals surface area contributed by atoms with Crippen molar-refractivity contribution in [3.63, 3.8) is 0 Å². The summed E-state index contributed by atoms with van der Waals surface area (Å²) >= 11 is 0. The summed E-state index contributed by atoms with van der Waals surface area (Å²) in [4.78, 5) is 12.1. The van der Waals surface area contributed by atoms with Crippen molar-refractivity contribution in [1.29, 1.82) is 0 Å². The van der Waals surface area contributed by atoms with Gasteiger partial charge in [0, 0.05) is 0 Å². The molecule has 0 aliphatic heterocycles. The van der Waals surface area contributed by atoms with Crippen molar-refractivity contribution in [2.75, 3.05) is 0 Å². The van der Waals surface area contributed by atoms with Crippen molar-refractivity contribution >= 4 is 16.5 Å². The van der Waals surface area contributed by atoms with Crippen LogP contribution in [0.4, 0.5) is 0 Å². The van der Waals surface area contributed by atoms with E-state index < -0.39 is 11.9 Å². The second kappa shape index (κ2) is 9.49. The van der Waals surface area contributed by atoms with Crippen LogP contribution in [0.1, 0.15) is 60.8 Å². The van der Waals surface area contributed by atoms with Crippen LogP contribution in [0, 0.1) is 0 Å². The number of ether oxygens (including phenoxy) is 3. The Bertz CT molecular complexity index is 253. The first-order valence-corrected chi connectivity index (χ1v) is 7.67. The topological polar surface area (TPSA) is 54.0 Å². The highest BCUT2D eigenvalue weighted by Gasteiger charge is 2.47. The summed E-state index contributed by atoms with van der Waals surface area (Å²) in [6.07, 6.45) is 1.58. The lowest BCUT2D eigenvalue weighted by atomic mass is 10.3. The van der Waals surface area contributed by atoms with Crippen molar-refractivity contribution in [1.82, 2.24) is 0 Å². The van der Waals surface area contributed by atoms with E-state index >= 15 is 0 Å². The van der Waals surface area contributed by atoms with Gasteiger partial charge in [0.15, 0.2) is 0 Å². The smallest absolute Gasteiger partial charge is 0.387 e. The van der Waals surface area contributed by atoms with Gasteiger partial charge in [-0.25, -0.2) is 4.79 Å². The third kappa shape index (κ3) is 5.91. The Kier molecular flexibility index (Phi) is 9.29. The maximum absolute atomic E-state index is 12.1. The highest BCUT2D eigenvalue weighted by Crippen LogP contribution is 2.26. The van der Waals surface area contributed by atoms with Gasteiger partial charge in [-0.15, -0.1) is 0 Å². The van der Waals surface area contributed by atoms with E-state index in [0.29, 0.717) is 0 Å². The molecule has 117 valence electrons. The fourth-order valence-electron chi connectivity index (χ4n) is 1.33. The van der Waals surface area contributed by atoms with Gasteiger partial charge in [0.2, 0.25) is 0 Å². The zero-order chi connectivity index (χ0) is 15.8. The van der Waals surface area contributed by atoms with Crippen molar-refractivity contribution < 1.29 is 23.4 Å². The van der Waals surface area contributed by atoms with Crippen molar-refractivity contribution in [3.8, 4) is 0 Å². The zero-order valence-electron chi connectivity index (χ0n) is 13.4.